The summed E-state index contributed by atoms with van der Waals surface area (Å²) in [6.07, 6.45) is 0. The normalized spacial score (nSPS) is 11.9. The summed E-state index contributed by atoms with van der Waals surface area (Å²) in [5.74, 6) is -0.00358. The number of nitrogens with zero attached hydrogens (tertiary/aromatic N) is 2. The number of hydrogen-bond acceptors (Lipinski definition) is 5. The number of benzene rings is 2. The van der Waals surface area contributed by atoms with Crippen molar-refractivity contribution in [1.82, 2.24) is 4.90 Å². The third-order valence-corrected chi connectivity index (χ3v) is 5.00. The number of hydrogen-bond donors (Lipinski definition) is 1. The number of carbonyl (C=O) groups excluding carboxylic acids is 1. The fourth-order valence-electron chi connectivity index (χ4n) is 2.42. The van der Waals surface area contributed by atoms with Gasteiger partial charge in [-0.1, -0.05) is 35.3 Å². The maximum Gasteiger partial charge on any atom is 0.271 e. The van der Waals surface area contributed by atoms with Crippen molar-refractivity contribution in [3.05, 3.63) is 62.1 Å². The number of likely N-dealkylation sites (N-methyl/N-ethyl adjacent to an activating group) is 1. The Hall–Kier alpha value is -2.35. The summed E-state index contributed by atoms with van der Waals surface area (Å²) in [7, 11) is 3.19. The molecule has 0 unspecified atom stereocenters. The molecule has 0 aliphatic rings. The SMILES string of the molecule is COc1ccc([N+](=O)[O-])cc1NC(=O)[C@@H](C)N(C)Cc1cccc(Cl)c1Cl. The lowest BCUT2D eigenvalue weighted by Gasteiger charge is -2.24. The van der Waals surface area contributed by atoms with Crippen molar-refractivity contribution in [2.75, 3.05) is 19.5 Å². The quantitative estimate of drug-likeness (QED) is 0.539. The van der Waals surface area contributed by atoms with Crippen molar-refractivity contribution >= 4 is 40.5 Å². The van der Waals surface area contributed by atoms with Gasteiger partial charge in [-0.2, -0.15) is 0 Å². The van der Waals surface area contributed by atoms with Crippen molar-refractivity contribution in [1.29, 1.82) is 0 Å². The van der Waals surface area contributed by atoms with Crippen molar-refractivity contribution in [2.45, 2.75) is 19.5 Å². The van der Waals surface area contributed by atoms with E-state index in [1.54, 1.807) is 31.0 Å². The Labute approximate surface area is 167 Å². The van der Waals surface area contributed by atoms with Crippen LogP contribution in [0.15, 0.2) is 36.4 Å². The van der Waals surface area contributed by atoms with Crippen LogP contribution in [-0.4, -0.2) is 35.9 Å². The molecular formula is C18H19Cl2N3O4. The Bertz CT molecular complexity index is 860. The van der Waals surface area contributed by atoms with Crippen LogP contribution >= 0.6 is 23.2 Å². The molecule has 0 saturated carbocycles. The molecule has 0 bridgehead atoms. The van der Waals surface area contributed by atoms with E-state index in [-0.39, 0.29) is 17.3 Å². The lowest BCUT2D eigenvalue weighted by molar-refractivity contribution is -0.384. The molecule has 1 atom stereocenters. The third kappa shape index (κ3) is 5.09. The Morgan fingerprint density at radius 1 is 1.33 bits per heavy atom. The van der Waals surface area contributed by atoms with Gasteiger partial charge in [0.1, 0.15) is 5.75 Å². The largest absolute Gasteiger partial charge is 0.495 e. The molecule has 0 spiro atoms. The van der Waals surface area contributed by atoms with Gasteiger partial charge >= 0.3 is 0 Å². The number of anilines is 1. The Balaban J connectivity index is 2.14. The first-order valence-electron chi connectivity index (χ1n) is 8.01. The maximum absolute atomic E-state index is 12.6. The molecule has 0 fully saturated rings. The summed E-state index contributed by atoms with van der Waals surface area (Å²) in [6, 6.07) is 8.78. The molecule has 7 nitrogen and oxygen atoms in total. The first-order chi connectivity index (χ1) is 12.7. The van der Waals surface area contributed by atoms with Crippen molar-refractivity contribution in [3.63, 3.8) is 0 Å². The molecular weight excluding hydrogens is 393 g/mol. The lowest BCUT2D eigenvalue weighted by Crippen LogP contribution is -2.39. The van der Waals surface area contributed by atoms with Gasteiger partial charge in [0, 0.05) is 18.7 Å². The van der Waals surface area contributed by atoms with Gasteiger partial charge < -0.3 is 10.1 Å². The second kappa shape index (κ2) is 9.03. The van der Waals surface area contributed by atoms with E-state index < -0.39 is 11.0 Å². The van der Waals surface area contributed by atoms with Crippen LogP contribution in [-0.2, 0) is 11.3 Å². The molecule has 27 heavy (non-hydrogen) atoms. The van der Waals surface area contributed by atoms with Crippen molar-refractivity contribution in [3.8, 4) is 5.75 Å². The van der Waals surface area contributed by atoms with E-state index in [1.165, 1.54) is 25.3 Å². The molecule has 0 heterocycles. The summed E-state index contributed by atoms with van der Waals surface area (Å²) in [4.78, 5) is 24.8. The summed E-state index contributed by atoms with van der Waals surface area (Å²) < 4.78 is 5.16. The molecule has 1 amide bonds. The second-order valence-electron chi connectivity index (χ2n) is 5.93. The standard InChI is InChI=1S/C18H19Cl2N3O4/c1-11(22(2)10-12-5-4-6-14(19)17(12)20)18(24)21-15-9-13(23(25)26)7-8-16(15)27-3/h4-9,11H,10H2,1-3H3,(H,21,24)/t11-/m1/s1. The van der Waals surface area contributed by atoms with Crippen LogP contribution in [0.3, 0.4) is 0 Å². The average molecular weight is 412 g/mol. The summed E-state index contributed by atoms with van der Waals surface area (Å²) in [5.41, 5.74) is 0.884. The highest BCUT2D eigenvalue weighted by Crippen LogP contribution is 2.30. The number of carbonyl (C=O) groups is 1. The molecule has 2 rings (SSSR count). The fraction of sp³-hybridized carbons (Fsp3) is 0.278. The van der Waals surface area contributed by atoms with E-state index in [0.717, 1.165) is 5.56 Å². The lowest BCUT2D eigenvalue weighted by atomic mass is 10.1. The van der Waals surface area contributed by atoms with Crippen LogP contribution in [0.4, 0.5) is 11.4 Å². The van der Waals surface area contributed by atoms with Crippen molar-refractivity contribution < 1.29 is 14.5 Å². The molecule has 0 saturated heterocycles. The van der Waals surface area contributed by atoms with E-state index in [9.17, 15) is 14.9 Å². The summed E-state index contributed by atoms with van der Waals surface area (Å²) in [5, 5.41) is 14.5. The van der Waals surface area contributed by atoms with Gasteiger partial charge in [-0.05, 0) is 31.7 Å². The van der Waals surface area contributed by atoms with Crippen LogP contribution in [0.1, 0.15) is 12.5 Å². The Morgan fingerprint density at radius 3 is 2.67 bits per heavy atom. The van der Waals surface area contributed by atoms with E-state index in [0.29, 0.717) is 22.3 Å². The van der Waals surface area contributed by atoms with Crippen LogP contribution in [0.2, 0.25) is 10.0 Å². The minimum absolute atomic E-state index is 0.141. The first kappa shape index (κ1) is 21.0. The average Bonchev–Trinajstić information content (AvgIpc) is 2.64. The summed E-state index contributed by atoms with van der Waals surface area (Å²) >= 11 is 12.2. The maximum atomic E-state index is 12.6. The third-order valence-electron chi connectivity index (χ3n) is 4.14. The number of halogens is 2. The summed E-state index contributed by atoms with van der Waals surface area (Å²) in [6.45, 7) is 2.12. The van der Waals surface area contributed by atoms with Crippen LogP contribution in [0.25, 0.3) is 0 Å². The molecule has 2 aromatic rings. The van der Waals surface area contributed by atoms with Gasteiger partial charge in [-0.3, -0.25) is 19.8 Å². The number of rotatable bonds is 7. The van der Waals surface area contributed by atoms with Crippen LogP contribution in [0, 0.1) is 10.1 Å². The highest BCUT2D eigenvalue weighted by molar-refractivity contribution is 6.42. The molecule has 0 aromatic heterocycles. The van der Waals surface area contributed by atoms with Gasteiger partial charge in [0.15, 0.2) is 0 Å². The predicted octanol–water partition coefficient (Wildman–Crippen LogP) is 4.37. The molecule has 0 aliphatic heterocycles. The number of methoxy groups -OCH3 is 1. The highest BCUT2D eigenvalue weighted by Gasteiger charge is 2.21. The number of nitro groups is 1. The second-order valence-corrected chi connectivity index (χ2v) is 6.72. The fourth-order valence-corrected chi connectivity index (χ4v) is 2.80. The number of non-ortho nitro benzene ring substituents is 1. The minimum Gasteiger partial charge on any atom is -0.495 e. The van der Waals surface area contributed by atoms with Gasteiger partial charge in [-0.15, -0.1) is 0 Å². The van der Waals surface area contributed by atoms with Gasteiger partial charge in [0.2, 0.25) is 5.91 Å². The highest BCUT2D eigenvalue weighted by atomic mass is 35.5. The Kier molecular flexibility index (Phi) is 7.01. The van der Waals surface area contributed by atoms with Crippen LogP contribution < -0.4 is 10.1 Å². The molecule has 0 aliphatic carbocycles. The zero-order chi connectivity index (χ0) is 20.1. The van der Waals surface area contributed by atoms with E-state index in [1.807, 2.05) is 6.07 Å². The smallest absolute Gasteiger partial charge is 0.271 e. The van der Waals surface area contributed by atoms with E-state index in [2.05, 4.69) is 5.32 Å². The molecule has 1 N–H and O–H groups in total. The van der Waals surface area contributed by atoms with Crippen LogP contribution in [0.5, 0.6) is 5.75 Å². The van der Waals surface area contributed by atoms with E-state index in [4.69, 9.17) is 27.9 Å². The number of nitrogens with one attached hydrogen (secondary N) is 1. The van der Waals surface area contributed by atoms with Gasteiger partial charge in [0.05, 0.1) is 33.8 Å². The zero-order valence-electron chi connectivity index (χ0n) is 15.0. The van der Waals surface area contributed by atoms with Gasteiger partial charge in [0.25, 0.3) is 5.69 Å². The minimum atomic E-state index is -0.538. The van der Waals surface area contributed by atoms with Crippen molar-refractivity contribution in [2.24, 2.45) is 0 Å². The Morgan fingerprint density at radius 2 is 2.04 bits per heavy atom. The topological polar surface area (TPSA) is 84.7 Å². The number of nitro benzene ring substituents is 1. The van der Waals surface area contributed by atoms with E-state index >= 15 is 0 Å². The van der Waals surface area contributed by atoms with Gasteiger partial charge in [-0.25, -0.2) is 0 Å². The zero-order valence-corrected chi connectivity index (χ0v) is 16.5. The first-order valence-corrected chi connectivity index (χ1v) is 8.76. The molecule has 0 radical (unpaired) electrons. The number of ether oxygens (including phenoxy) is 1. The molecule has 9 heteroatoms. The molecule has 144 valence electrons. The molecule has 2 aromatic carbocycles. The monoisotopic (exact) mass is 411 g/mol. The predicted molar refractivity (Wildman–Crippen MR) is 106 cm³/mol. The number of amides is 1.